The van der Waals surface area contributed by atoms with Gasteiger partial charge in [-0.3, -0.25) is 0 Å². The van der Waals surface area contributed by atoms with Crippen molar-refractivity contribution in [1.29, 1.82) is 0 Å². The van der Waals surface area contributed by atoms with Crippen molar-refractivity contribution in [2.24, 2.45) is 0 Å². The van der Waals surface area contributed by atoms with E-state index in [9.17, 15) is 0 Å². The maximum atomic E-state index is 2.37. The molecule has 3 aromatic carbocycles. The molecule has 0 saturated heterocycles. The van der Waals surface area contributed by atoms with Gasteiger partial charge in [-0.25, -0.2) is 0 Å². The van der Waals surface area contributed by atoms with Gasteiger partial charge in [0.1, 0.15) is 0 Å². The van der Waals surface area contributed by atoms with Crippen molar-refractivity contribution < 1.29 is 0 Å². The molecule has 0 spiro atoms. The minimum absolute atomic E-state index is 0.872. The third kappa shape index (κ3) is 5.49. The Labute approximate surface area is 156 Å². The molecule has 130 valence electrons. The zero-order valence-corrected chi connectivity index (χ0v) is 15.3. The van der Waals surface area contributed by atoms with Gasteiger partial charge in [-0.1, -0.05) is 103 Å². The lowest BCUT2D eigenvalue weighted by Gasteiger charge is -2.22. The topological polar surface area (TPSA) is 3.24 Å². The normalized spacial score (nSPS) is 11.3. The van der Waals surface area contributed by atoms with Crippen LogP contribution in [-0.2, 0) is 0 Å². The molecule has 0 aliphatic rings. The average Bonchev–Trinajstić information content (AvgIpc) is 2.69. The first kappa shape index (κ1) is 17.8. The Bertz CT molecular complexity index is 779. The van der Waals surface area contributed by atoms with Gasteiger partial charge in [0, 0.05) is 18.8 Å². The van der Waals surface area contributed by atoms with Crippen LogP contribution in [0.25, 0.3) is 12.2 Å². The Balaban J connectivity index is 1.70. The Kier molecular flexibility index (Phi) is 6.44. The van der Waals surface area contributed by atoms with Crippen LogP contribution in [0.4, 0.5) is 5.69 Å². The number of benzene rings is 3. The lowest BCUT2D eigenvalue weighted by Crippen LogP contribution is -2.23. The molecule has 0 aliphatic heterocycles. The summed E-state index contributed by atoms with van der Waals surface area (Å²) in [5, 5.41) is 0. The average molecular weight is 339 g/mol. The maximum absolute atomic E-state index is 2.37. The fourth-order valence-corrected chi connectivity index (χ4v) is 2.80. The summed E-state index contributed by atoms with van der Waals surface area (Å²) in [4.78, 5) is 2.37. The van der Waals surface area contributed by atoms with E-state index in [0.717, 1.165) is 13.1 Å². The Morgan fingerprint density at radius 2 is 1.08 bits per heavy atom. The van der Waals surface area contributed by atoms with E-state index in [0.29, 0.717) is 0 Å². The Hall–Kier alpha value is -3.06. The molecule has 1 heteroatoms. The summed E-state index contributed by atoms with van der Waals surface area (Å²) in [7, 11) is 0. The summed E-state index contributed by atoms with van der Waals surface area (Å²) >= 11 is 0. The van der Waals surface area contributed by atoms with Gasteiger partial charge in [0.2, 0.25) is 0 Å². The van der Waals surface area contributed by atoms with Gasteiger partial charge in [-0.05, 0) is 30.2 Å². The monoisotopic (exact) mass is 339 g/mol. The second-order valence-electron chi connectivity index (χ2n) is 6.37. The third-order valence-electron chi connectivity index (χ3n) is 4.27. The second-order valence-corrected chi connectivity index (χ2v) is 6.37. The number of aryl methyl sites for hydroxylation is 1. The van der Waals surface area contributed by atoms with Crippen LogP contribution in [-0.4, -0.2) is 13.1 Å². The predicted molar refractivity (Wildman–Crippen MR) is 114 cm³/mol. The quantitative estimate of drug-likeness (QED) is 0.493. The third-order valence-corrected chi connectivity index (χ3v) is 4.27. The van der Waals surface area contributed by atoms with Crippen molar-refractivity contribution >= 4 is 17.8 Å². The molecule has 0 unspecified atom stereocenters. The molecule has 3 aromatic rings. The van der Waals surface area contributed by atoms with Crippen molar-refractivity contribution in [1.82, 2.24) is 0 Å². The minimum atomic E-state index is 0.872. The SMILES string of the molecule is Cc1ccc(N(C/C=C/c2ccccc2)C/C=C/c2ccccc2)cc1. The summed E-state index contributed by atoms with van der Waals surface area (Å²) < 4.78 is 0. The summed E-state index contributed by atoms with van der Waals surface area (Å²) in [5.74, 6) is 0. The summed E-state index contributed by atoms with van der Waals surface area (Å²) in [6.45, 7) is 3.87. The highest BCUT2D eigenvalue weighted by molar-refractivity contribution is 5.55. The van der Waals surface area contributed by atoms with Crippen LogP contribution in [0.15, 0.2) is 97.1 Å². The molecule has 26 heavy (non-hydrogen) atoms. The van der Waals surface area contributed by atoms with Gasteiger partial charge in [0.25, 0.3) is 0 Å². The van der Waals surface area contributed by atoms with E-state index in [-0.39, 0.29) is 0 Å². The molecule has 0 amide bonds. The second kappa shape index (κ2) is 9.43. The zero-order valence-electron chi connectivity index (χ0n) is 15.3. The molecule has 0 heterocycles. The summed E-state index contributed by atoms with van der Waals surface area (Å²) in [5.41, 5.74) is 4.99. The van der Waals surface area contributed by atoms with E-state index in [4.69, 9.17) is 0 Å². The maximum Gasteiger partial charge on any atom is 0.0372 e. The van der Waals surface area contributed by atoms with E-state index in [1.54, 1.807) is 0 Å². The Morgan fingerprint density at radius 1 is 0.615 bits per heavy atom. The predicted octanol–water partition coefficient (Wildman–Crippen LogP) is 6.23. The first-order valence-electron chi connectivity index (χ1n) is 9.06. The number of nitrogens with zero attached hydrogens (tertiary/aromatic N) is 1. The van der Waals surface area contributed by atoms with E-state index < -0.39 is 0 Å². The van der Waals surface area contributed by atoms with Crippen molar-refractivity contribution in [3.63, 3.8) is 0 Å². The Morgan fingerprint density at radius 3 is 1.54 bits per heavy atom. The largest absolute Gasteiger partial charge is 0.364 e. The van der Waals surface area contributed by atoms with Gasteiger partial charge in [-0.2, -0.15) is 0 Å². The lowest BCUT2D eigenvalue weighted by molar-refractivity contribution is 0.958. The van der Waals surface area contributed by atoms with Gasteiger partial charge < -0.3 is 4.90 Å². The van der Waals surface area contributed by atoms with Crippen LogP contribution in [0.5, 0.6) is 0 Å². The molecule has 1 nitrogen and oxygen atoms in total. The van der Waals surface area contributed by atoms with Gasteiger partial charge >= 0.3 is 0 Å². The number of hydrogen-bond donors (Lipinski definition) is 0. The highest BCUT2D eigenvalue weighted by Crippen LogP contribution is 2.16. The lowest BCUT2D eigenvalue weighted by atomic mass is 10.2. The number of hydrogen-bond acceptors (Lipinski definition) is 1. The highest BCUT2D eigenvalue weighted by Gasteiger charge is 2.02. The van der Waals surface area contributed by atoms with Crippen LogP contribution in [0.1, 0.15) is 16.7 Å². The van der Waals surface area contributed by atoms with Crippen molar-refractivity contribution in [2.75, 3.05) is 18.0 Å². The summed E-state index contributed by atoms with van der Waals surface area (Å²) in [6, 6.07) is 29.6. The first-order valence-corrected chi connectivity index (χ1v) is 9.06. The van der Waals surface area contributed by atoms with Crippen LogP contribution in [0.2, 0.25) is 0 Å². The molecule has 3 rings (SSSR count). The molecule has 0 bridgehead atoms. The van der Waals surface area contributed by atoms with E-state index in [1.165, 1.54) is 22.4 Å². The van der Waals surface area contributed by atoms with Crippen molar-refractivity contribution in [2.45, 2.75) is 6.92 Å². The fraction of sp³-hybridized carbons (Fsp3) is 0.120. The molecule has 0 aliphatic carbocycles. The summed E-state index contributed by atoms with van der Waals surface area (Å²) in [6.07, 6.45) is 8.82. The standard InChI is InChI=1S/C25H25N/c1-22-16-18-25(19-17-22)26(20-8-14-23-10-4-2-5-11-23)21-9-15-24-12-6-3-7-13-24/h2-19H,20-21H2,1H3/b14-8+,15-9+. The first-order chi connectivity index (χ1) is 12.8. The smallest absolute Gasteiger partial charge is 0.0372 e. The fourth-order valence-electron chi connectivity index (χ4n) is 2.80. The van der Waals surface area contributed by atoms with E-state index in [1.807, 2.05) is 12.1 Å². The van der Waals surface area contributed by atoms with Crippen molar-refractivity contribution in [3.05, 3.63) is 114 Å². The molecular formula is C25H25N. The highest BCUT2D eigenvalue weighted by atomic mass is 15.1. The van der Waals surface area contributed by atoms with Crippen LogP contribution in [0, 0.1) is 6.92 Å². The number of rotatable bonds is 7. The molecule has 0 fully saturated rings. The van der Waals surface area contributed by atoms with E-state index in [2.05, 4.69) is 109 Å². The zero-order chi connectivity index (χ0) is 18.0. The van der Waals surface area contributed by atoms with Crippen LogP contribution in [0.3, 0.4) is 0 Å². The molecule has 0 radical (unpaired) electrons. The van der Waals surface area contributed by atoms with Gasteiger partial charge in [0.05, 0.1) is 0 Å². The molecular weight excluding hydrogens is 314 g/mol. The van der Waals surface area contributed by atoms with Crippen LogP contribution < -0.4 is 4.90 Å². The van der Waals surface area contributed by atoms with Gasteiger partial charge in [-0.15, -0.1) is 0 Å². The number of anilines is 1. The van der Waals surface area contributed by atoms with Crippen LogP contribution >= 0.6 is 0 Å². The minimum Gasteiger partial charge on any atom is -0.364 e. The van der Waals surface area contributed by atoms with Gasteiger partial charge in [0.15, 0.2) is 0 Å². The van der Waals surface area contributed by atoms with E-state index >= 15 is 0 Å². The molecule has 0 saturated carbocycles. The molecule has 0 N–H and O–H groups in total. The van der Waals surface area contributed by atoms with Crippen molar-refractivity contribution in [3.8, 4) is 0 Å². The molecule has 0 atom stereocenters. The molecule has 0 aromatic heterocycles.